The SMILES string of the molecule is C=C1CCC=C(C(=O)OC)C(OC(=O)C(C)C)C(OC(=O)C2(C)OC2C)C2C(=C)C(=O)OC2C1O. The molecule has 10 nitrogen and oxygen atoms in total. The van der Waals surface area contributed by atoms with Crippen LogP contribution in [-0.2, 0) is 42.9 Å². The predicted molar refractivity (Wildman–Crippen MR) is 121 cm³/mol. The van der Waals surface area contributed by atoms with Gasteiger partial charge in [0.1, 0.15) is 12.2 Å². The number of ether oxygens (including phenoxy) is 5. The summed E-state index contributed by atoms with van der Waals surface area (Å²) < 4.78 is 27.3. The van der Waals surface area contributed by atoms with Gasteiger partial charge in [0, 0.05) is 5.57 Å². The first kappa shape index (κ1) is 26.6. The molecule has 10 heteroatoms. The molecular formula is C25H32O10. The lowest BCUT2D eigenvalue weighted by Crippen LogP contribution is -2.50. The topological polar surface area (TPSA) is 138 Å². The van der Waals surface area contributed by atoms with Crippen molar-refractivity contribution >= 4 is 23.9 Å². The van der Waals surface area contributed by atoms with Gasteiger partial charge in [-0.15, -0.1) is 0 Å². The highest BCUT2D eigenvalue weighted by atomic mass is 16.7. The quantitative estimate of drug-likeness (QED) is 0.198. The molecule has 1 aliphatic carbocycles. The van der Waals surface area contributed by atoms with Gasteiger partial charge in [-0.25, -0.2) is 14.4 Å². The second-order valence-corrected chi connectivity index (χ2v) is 9.46. The Morgan fingerprint density at radius 2 is 1.86 bits per heavy atom. The number of rotatable bonds is 5. The minimum Gasteiger partial charge on any atom is -0.466 e. The molecule has 7 unspecified atom stereocenters. The van der Waals surface area contributed by atoms with E-state index in [1.165, 1.54) is 13.0 Å². The van der Waals surface area contributed by atoms with Gasteiger partial charge in [-0.1, -0.05) is 33.1 Å². The highest BCUT2D eigenvalue weighted by Crippen LogP contribution is 2.42. The number of hydrogen-bond acceptors (Lipinski definition) is 10. The van der Waals surface area contributed by atoms with Crippen LogP contribution in [0.3, 0.4) is 0 Å². The van der Waals surface area contributed by atoms with Crippen molar-refractivity contribution in [1.82, 2.24) is 0 Å². The van der Waals surface area contributed by atoms with Crippen LogP contribution in [0.15, 0.2) is 36.0 Å². The number of hydrogen-bond donors (Lipinski definition) is 1. The van der Waals surface area contributed by atoms with E-state index in [4.69, 9.17) is 23.7 Å². The highest BCUT2D eigenvalue weighted by molar-refractivity contribution is 5.93. The lowest BCUT2D eigenvalue weighted by molar-refractivity contribution is -0.178. The molecule has 0 aromatic rings. The second kappa shape index (κ2) is 9.94. The average molecular weight is 493 g/mol. The molecule has 0 aromatic heterocycles. The van der Waals surface area contributed by atoms with E-state index < -0.39 is 71.8 Å². The number of carbonyl (C=O) groups is 4. The van der Waals surface area contributed by atoms with E-state index in [0.29, 0.717) is 5.57 Å². The summed E-state index contributed by atoms with van der Waals surface area (Å²) in [6.07, 6.45) is -3.97. The number of carbonyl (C=O) groups excluding carboxylic acids is 4. The Bertz CT molecular complexity index is 979. The first-order valence-electron chi connectivity index (χ1n) is 11.5. The highest BCUT2D eigenvalue weighted by Gasteiger charge is 2.60. The smallest absolute Gasteiger partial charge is 0.341 e. The molecule has 1 N–H and O–H groups in total. The zero-order chi connectivity index (χ0) is 26.2. The molecule has 3 rings (SSSR count). The molecule has 2 fully saturated rings. The molecule has 0 bridgehead atoms. The first-order valence-corrected chi connectivity index (χ1v) is 11.5. The Hall–Kier alpha value is -2.98. The maximum Gasteiger partial charge on any atom is 0.341 e. The number of allylic oxidation sites excluding steroid dienone is 1. The molecule has 3 aliphatic rings. The van der Waals surface area contributed by atoms with Crippen molar-refractivity contribution in [3.05, 3.63) is 36.0 Å². The van der Waals surface area contributed by atoms with Crippen molar-refractivity contribution in [2.45, 2.75) is 76.7 Å². The molecule has 0 spiro atoms. The molecule has 2 heterocycles. The van der Waals surface area contributed by atoms with E-state index in [2.05, 4.69) is 13.2 Å². The lowest BCUT2D eigenvalue weighted by Gasteiger charge is -2.36. The third-order valence-electron chi connectivity index (χ3n) is 6.70. The van der Waals surface area contributed by atoms with Gasteiger partial charge in [0.25, 0.3) is 0 Å². The molecule has 0 radical (unpaired) electrons. The number of epoxide rings is 1. The molecule has 35 heavy (non-hydrogen) atoms. The summed E-state index contributed by atoms with van der Waals surface area (Å²) in [5.41, 5.74) is -1.11. The molecule has 0 aromatic carbocycles. The Morgan fingerprint density at radius 1 is 1.23 bits per heavy atom. The zero-order valence-electron chi connectivity index (χ0n) is 20.6. The summed E-state index contributed by atoms with van der Waals surface area (Å²) in [6.45, 7) is 14.1. The molecule has 2 aliphatic heterocycles. The summed E-state index contributed by atoms with van der Waals surface area (Å²) in [6, 6.07) is 0. The largest absolute Gasteiger partial charge is 0.466 e. The van der Waals surface area contributed by atoms with E-state index in [1.807, 2.05) is 0 Å². The van der Waals surface area contributed by atoms with Gasteiger partial charge in [0.15, 0.2) is 17.8 Å². The van der Waals surface area contributed by atoms with Crippen LogP contribution in [0, 0.1) is 11.8 Å². The number of aliphatic hydroxyl groups excluding tert-OH is 1. The van der Waals surface area contributed by atoms with Crippen molar-refractivity contribution in [2.24, 2.45) is 11.8 Å². The van der Waals surface area contributed by atoms with Gasteiger partial charge < -0.3 is 28.8 Å². The van der Waals surface area contributed by atoms with Crippen molar-refractivity contribution in [3.63, 3.8) is 0 Å². The summed E-state index contributed by atoms with van der Waals surface area (Å²) in [5, 5.41) is 10.9. The van der Waals surface area contributed by atoms with Gasteiger partial charge >= 0.3 is 23.9 Å². The fourth-order valence-electron chi connectivity index (χ4n) is 4.16. The van der Waals surface area contributed by atoms with Gasteiger partial charge in [0.05, 0.1) is 30.6 Å². The molecular weight excluding hydrogens is 460 g/mol. The summed E-state index contributed by atoms with van der Waals surface area (Å²) in [4.78, 5) is 51.2. The van der Waals surface area contributed by atoms with Gasteiger partial charge in [-0.2, -0.15) is 0 Å². The molecule has 0 saturated carbocycles. The van der Waals surface area contributed by atoms with Gasteiger partial charge in [-0.05, 0) is 32.3 Å². The van der Waals surface area contributed by atoms with Crippen molar-refractivity contribution in [2.75, 3.05) is 7.11 Å². The summed E-state index contributed by atoms with van der Waals surface area (Å²) >= 11 is 0. The van der Waals surface area contributed by atoms with Crippen LogP contribution in [0.1, 0.15) is 40.5 Å². The van der Waals surface area contributed by atoms with Crippen LogP contribution in [-0.4, -0.2) is 72.2 Å². The predicted octanol–water partition coefficient (Wildman–Crippen LogP) is 1.55. The standard InChI is InChI=1S/C25H32O10/c1-11(2)21(27)32-18-15(23(29)31-7)10-8-9-12(3)17(26)19-16(13(4)22(28)33-19)20(18)34-24(30)25(6)14(5)35-25/h10-11,14,16-20,26H,3-4,8-9H2,1-2,5-7H3. The van der Waals surface area contributed by atoms with Crippen LogP contribution >= 0.6 is 0 Å². The zero-order valence-corrected chi connectivity index (χ0v) is 20.6. The summed E-state index contributed by atoms with van der Waals surface area (Å²) in [5.74, 6) is -4.84. The van der Waals surface area contributed by atoms with E-state index in [9.17, 15) is 24.3 Å². The normalized spacial score (nSPS) is 34.9. The van der Waals surface area contributed by atoms with Crippen LogP contribution in [0.2, 0.25) is 0 Å². The van der Waals surface area contributed by atoms with Crippen LogP contribution in [0.25, 0.3) is 0 Å². The van der Waals surface area contributed by atoms with E-state index in [0.717, 1.165) is 7.11 Å². The Labute approximate surface area is 203 Å². The maximum atomic E-state index is 13.1. The Kier molecular flexibility index (Phi) is 7.56. The average Bonchev–Trinajstić information content (AvgIpc) is 3.33. The Balaban J connectivity index is 2.19. The number of methoxy groups -OCH3 is 1. The number of fused-ring (bicyclic) bond motifs is 1. The monoisotopic (exact) mass is 492 g/mol. The van der Waals surface area contributed by atoms with Crippen molar-refractivity contribution in [3.8, 4) is 0 Å². The minimum atomic E-state index is -1.48. The van der Waals surface area contributed by atoms with Crippen LogP contribution in [0.5, 0.6) is 0 Å². The molecule has 2 saturated heterocycles. The van der Waals surface area contributed by atoms with E-state index in [-0.39, 0.29) is 24.0 Å². The third kappa shape index (κ3) is 5.04. The van der Waals surface area contributed by atoms with E-state index in [1.54, 1.807) is 20.8 Å². The molecule has 0 amide bonds. The summed E-state index contributed by atoms with van der Waals surface area (Å²) in [7, 11) is 1.16. The maximum absolute atomic E-state index is 13.1. The lowest BCUT2D eigenvalue weighted by atomic mass is 9.80. The van der Waals surface area contributed by atoms with Crippen LogP contribution in [0.4, 0.5) is 0 Å². The van der Waals surface area contributed by atoms with Crippen molar-refractivity contribution < 1.29 is 48.0 Å². The van der Waals surface area contributed by atoms with Crippen LogP contribution < -0.4 is 0 Å². The number of esters is 4. The van der Waals surface area contributed by atoms with E-state index >= 15 is 0 Å². The molecule has 7 atom stereocenters. The third-order valence-corrected chi connectivity index (χ3v) is 6.70. The van der Waals surface area contributed by atoms with Gasteiger partial charge in [-0.3, -0.25) is 4.79 Å². The fourth-order valence-corrected chi connectivity index (χ4v) is 4.16. The number of aliphatic hydroxyl groups is 1. The second-order valence-electron chi connectivity index (χ2n) is 9.46. The fraction of sp³-hybridized carbons (Fsp3) is 0.600. The minimum absolute atomic E-state index is 0.0793. The Morgan fingerprint density at radius 3 is 2.40 bits per heavy atom. The molecule has 192 valence electrons. The van der Waals surface area contributed by atoms with Crippen molar-refractivity contribution in [1.29, 1.82) is 0 Å². The first-order chi connectivity index (χ1) is 16.3. The van der Waals surface area contributed by atoms with Gasteiger partial charge in [0.2, 0.25) is 0 Å².